The van der Waals surface area contributed by atoms with Crippen LogP contribution >= 0.6 is 11.6 Å². The molecule has 0 spiro atoms. The Morgan fingerprint density at radius 2 is 2.06 bits per heavy atom. The van der Waals surface area contributed by atoms with E-state index in [-0.39, 0.29) is 16.3 Å². The van der Waals surface area contributed by atoms with Gasteiger partial charge in [0.1, 0.15) is 11.6 Å². The molecule has 1 aromatic rings. The molecule has 1 aromatic carbocycles. The number of carboxylic acids is 1. The van der Waals surface area contributed by atoms with E-state index in [1.165, 1.54) is 6.07 Å². The van der Waals surface area contributed by atoms with Crippen molar-refractivity contribution in [2.45, 2.75) is 24.7 Å². The molecule has 0 saturated heterocycles. The lowest BCUT2D eigenvalue weighted by Crippen LogP contribution is -2.43. The number of aliphatic carboxylic acids is 1. The standard InChI is InChI=1S/C11H10ClFO3/c12-7-4-6(14)5-8(13)9(7)11(10(15)16)2-1-3-11/h4-5,14H,1-3H2,(H,15,16). The van der Waals surface area contributed by atoms with Gasteiger partial charge in [-0.3, -0.25) is 4.79 Å². The zero-order valence-corrected chi connectivity index (χ0v) is 9.09. The van der Waals surface area contributed by atoms with Gasteiger partial charge in [-0.05, 0) is 18.9 Å². The predicted molar refractivity (Wildman–Crippen MR) is 56.2 cm³/mol. The molecule has 1 saturated carbocycles. The minimum Gasteiger partial charge on any atom is -0.508 e. The van der Waals surface area contributed by atoms with Crippen LogP contribution in [-0.4, -0.2) is 16.2 Å². The lowest BCUT2D eigenvalue weighted by atomic mass is 9.64. The average Bonchev–Trinajstić information content (AvgIpc) is 2.06. The number of halogens is 2. The highest BCUT2D eigenvalue weighted by Gasteiger charge is 2.48. The zero-order chi connectivity index (χ0) is 11.9. The maximum atomic E-state index is 13.7. The first-order valence-electron chi connectivity index (χ1n) is 4.89. The smallest absolute Gasteiger partial charge is 0.314 e. The van der Waals surface area contributed by atoms with Crippen molar-refractivity contribution < 1.29 is 19.4 Å². The summed E-state index contributed by atoms with van der Waals surface area (Å²) in [7, 11) is 0. The van der Waals surface area contributed by atoms with Gasteiger partial charge in [-0.25, -0.2) is 4.39 Å². The van der Waals surface area contributed by atoms with E-state index in [4.69, 9.17) is 21.8 Å². The summed E-state index contributed by atoms with van der Waals surface area (Å²) < 4.78 is 13.7. The minimum atomic E-state index is -1.21. The van der Waals surface area contributed by atoms with E-state index in [0.29, 0.717) is 12.8 Å². The number of hydrogen-bond acceptors (Lipinski definition) is 2. The van der Waals surface area contributed by atoms with Gasteiger partial charge in [0.15, 0.2) is 0 Å². The van der Waals surface area contributed by atoms with Crippen molar-refractivity contribution in [2.75, 3.05) is 0 Å². The monoisotopic (exact) mass is 244 g/mol. The lowest BCUT2D eigenvalue weighted by Gasteiger charge is -2.38. The molecule has 0 amide bonds. The van der Waals surface area contributed by atoms with Crippen molar-refractivity contribution in [1.82, 2.24) is 0 Å². The summed E-state index contributed by atoms with van der Waals surface area (Å²) >= 11 is 5.81. The van der Waals surface area contributed by atoms with Crippen molar-refractivity contribution in [2.24, 2.45) is 0 Å². The van der Waals surface area contributed by atoms with Crippen molar-refractivity contribution >= 4 is 17.6 Å². The van der Waals surface area contributed by atoms with Gasteiger partial charge in [-0.2, -0.15) is 0 Å². The van der Waals surface area contributed by atoms with Crippen molar-refractivity contribution in [1.29, 1.82) is 0 Å². The first-order chi connectivity index (χ1) is 7.47. The number of hydrogen-bond donors (Lipinski definition) is 2. The van der Waals surface area contributed by atoms with E-state index >= 15 is 0 Å². The van der Waals surface area contributed by atoms with Crippen LogP contribution in [0.25, 0.3) is 0 Å². The Hall–Kier alpha value is -1.29. The van der Waals surface area contributed by atoms with Crippen LogP contribution in [0.5, 0.6) is 5.75 Å². The molecule has 0 atom stereocenters. The third-order valence-electron chi connectivity index (χ3n) is 3.12. The van der Waals surface area contributed by atoms with Crippen LogP contribution in [0.2, 0.25) is 5.02 Å². The molecule has 1 fully saturated rings. The first-order valence-corrected chi connectivity index (χ1v) is 5.27. The normalized spacial score (nSPS) is 17.9. The predicted octanol–water partition coefficient (Wildman–Crippen LogP) is 2.69. The second-order valence-corrected chi connectivity index (χ2v) is 4.43. The molecular formula is C11H10ClFO3. The molecule has 0 radical (unpaired) electrons. The maximum absolute atomic E-state index is 13.7. The number of carbonyl (C=O) groups is 1. The lowest BCUT2D eigenvalue weighted by molar-refractivity contribution is -0.147. The van der Waals surface area contributed by atoms with E-state index in [1.807, 2.05) is 0 Å². The number of rotatable bonds is 2. The fourth-order valence-corrected chi connectivity index (χ4v) is 2.50. The van der Waals surface area contributed by atoms with Gasteiger partial charge >= 0.3 is 5.97 Å². The van der Waals surface area contributed by atoms with Gasteiger partial charge in [0.2, 0.25) is 0 Å². The quantitative estimate of drug-likeness (QED) is 0.841. The summed E-state index contributed by atoms with van der Waals surface area (Å²) in [4.78, 5) is 11.2. The zero-order valence-electron chi connectivity index (χ0n) is 8.33. The topological polar surface area (TPSA) is 57.5 Å². The van der Waals surface area contributed by atoms with Crippen molar-refractivity contribution in [3.8, 4) is 5.75 Å². The number of phenolic OH excluding ortho intramolecular Hbond substituents is 1. The van der Waals surface area contributed by atoms with Crippen LogP contribution < -0.4 is 0 Å². The second-order valence-electron chi connectivity index (χ2n) is 4.03. The molecule has 0 heterocycles. The molecule has 0 unspecified atom stereocenters. The molecular weight excluding hydrogens is 235 g/mol. The largest absolute Gasteiger partial charge is 0.508 e. The van der Waals surface area contributed by atoms with Gasteiger partial charge in [-0.1, -0.05) is 18.0 Å². The van der Waals surface area contributed by atoms with Gasteiger partial charge in [0, 0.05) is 11.6 Å². The highest BCUT2D eigenvalue weighted by Crippen LogP contribution is 2.48. The summed E-state index contributed by atoms with van der Waals surface area (Å²) in [5.41, 5.74) is -1.22. The molecule has 2 rings (SSSR count). The van der Waals surface area contributed by atoms with Crippen molar-refractivity contribution in [3.05, 3.63) is 28.5 Å². The Kier molecular flexibility index (Phi) is 2.54. The van der Waals surface area contributed by atoms with E-state index in [0.717, 1.165) is 12.5 Å². The molecule has 1 aliphatic carbocycles. The van der Waals surface area contributed by atoms with Gasteiger partial charge in [0.05, 0.1) is 10.4 Å². The van der Waals surface area contributed by atoms with E-state index < -0.39 is 17.2 Å². The van der Waals surface area contributed by atoms with E-state index in [2.05, 4.69) is 0 Å². The SMILES string of the molecule is O=C(O)C1(c2c(F)cc(O)cc2Cl)CCC1. The summed E-state index contributed by atoms with van der Waals surface area (Å²) in [5, 5.41) is 18.3. The molecule has 2 N–H and O–H groups in total. The average molecular weight is 245 g/mol. The Morgan fingerprint density at radius 3 is 2.44 bits per heavy atom. The van der Waals surface area contributed by atoms with Gasteiger partial charge in [0.25, 0.3) is 0 Å². The summed E-state index contributed by atoms with van der Waals surface area (Å²) in [6.07, 6.45) is 1.50. The summed E-state index contributed by atoms with van der Waals surface area (Å²) in [6.45, 7) is 0. The van der Waals surface area contributed by atoms with Crippen LogP contribution in [0, 0.1) is 5.82 Å². The Morgan fingerprint density at radius 1 is 1.44 bits per heavy atom. The number of phenols is 1. The molecule has 86 valence electrons. The second kappa shape index (κ2) is 3.63. The minimum absolute atomic E-state index is 0.00860. The Labute approximate surface area is 96.5 Å². The molecule has 0 aliphatic heterocycles. The van der Waals surface area contributed by atoms with Gasteiger partial charge in [-0.15, -0.1) is 0 Å². The molecule has 5 heteroatoms. The summed E-state index contributed by atoms with van der Waals surface area (Å²) in [6, 6.07) is 2.06. The van der Waals surface area contributed by atoms with Crippen molar-refractivity contribution in [3.63, 3.8) is 0 Å². The number of carboxylic acid groups (broad SMARTS) is 1. The third kappa shape index (κ3) is 1.45. The van der Waals surface area contributed by atoms with Gasteiger partial charge < -0.3 is 10.2 Å². The molecule has 0 bridgehead atoms. The molecule has 3 nitrogen and oxygen atoms in total. The van der Waals surface area contributed by atoms with Crippen LogP contribution in [0.15, 0.2) is 12.1 Å². The maximum Gasteiger partial charge on any atom is 0.314 e. The molecule has 1 aliphatic rings. The van der Waals surface area contributed by atoms with Crippen LogP contribution in [0.3, 0.4) is 0 Å². The fourth-order valence-electron chi connectivity index (χ4n) is 2.12. The number of aromatic hydroxyl groups is 1. The molecule has 0 aromatic heterocycles. The van der Waals surface area contributed by atoms with Crippen LogP contribution in [0.1, 0.15) is 24.8 Å². The highest BCUT2D eigenvalue weighted by molar-refractivity contribution is 6.32. The fraction of sp³-hybridized carbons (Fsp3) is 0.364. The van der Waals surface area contributed by atoms with E-state index in [1.54, 1.807) is 0 Å². The Balaban J connectivity index is 2.59. The summed E-state index contributed by atoms with van der Waals surface area (Å²) in [5.74, 6) is -2.12. The first kappa shape index (κ1) is 11.2. The molecule has 16 heavy (non-hydrogen) atoms. The third-order valence-corrected chi connectivity index (χ3v) is 3.42. The van der Waals surface area contributed by atoms with Crippen LogP contribution in [-0.2, 0) is 10.2 Å². The number of benzene rings is 1. The van der Waals surface area contributed by atoms with Crippen LogP contribution in [0.4, 0.5) is 4.39 Å². The highest BCUT2D eigenvalue weighted by atomic mass is 35.5. The Bertz CT molecular complexity index is 432. The van der Waals surface area contributed by atoms with E-state index in [9.17, 15) is 9.18 Å².